The van der Waals surface area contributed by atoms with Crippen LogP contribution in [0.3, 0.4) is 0 Å². The van der Waals surface area contributed by atoms with E-state index in [-0.39, 0.29) is 42.4 Å². The lowest BCUT2D eigenvalue weighted by Gasteiger charge is -2.35. The topological polar surface area (TPSA) is 193 Å². The first-order valence-electron chi connectivity index (χ1n) is 19.3. The summed E-state index contributed by atoms with van der Waals surface area (Å²) in [5.74, 6) is -1.84. The van der Waals surface area contributed by atoms with E-state index in [0.717, 1.165) is 37.8 Å². The molecular weight excluding hydrogens is 700 g/mol. The highest BCUT2D eigenvalue weighted by molar-refractivity contribution is 5.94. The molecular formula is C39H64N4O11. The molecule has 0 saturated heterocycles. The van der Waals surface area contributed by atoms with Gasteiger partial charge in [-0.25, -0.2) is 9.59 Å². The van der Waals surface area contributed by atoms with Gasteiger partial charge in [0.2, 0.25) is 5.91 Å². The number of nitro groups is 1. The number of nitro benzene ring substituents is 1. The van der Waals surface area contributed by atoms with Gasteiger partial charge >= 0.3 is 18.1 Å². The molecule has 1 amide bonds. The molecule has 15 heteroatoms. The summed E-state index contributed by atoms with van der Waals surface area (Å²) in [4.78, 5) is 78.1. The van der Waals surface area contributed by atoms with E-state index >= 15 is 0 Å². The molecule has 0 aromatic heterocycles. The van der Waals surface area contributed by atoms with Gasteiger partial charge < -0.3 is 29.6 Å². The van der Waals surface area contributed by atoms with Crippen molar-refractivity contribution in [1.82, 2.24) is 15.5 Å². The molecule has 0 aliphatic heterocycles. The van der Waals surface area contributed by atoms with Gasteiger partial charge in [-0.15, -0.1) is 0 Å². The van der Waals surface area contributed by atoms with E-state index in [1.807, 2.05) is 41.5 Å². The number of rotatable bonds is 28. The molecule has 306 valence electrons. The second-order valence-corrected chi connectivity index (χ2v) is 14.4. The molecule has 1 aromatic carbocycles. The number of hydrogen-bond donors (Lipinski definition) is 2. The molecule has 0 fully saturated rings. The Hall–Kier alpha value is -4.11. The highest BCUT2D eigenvalue weighted by Crippen LogP contribution is 2.20. The van der Waals surface area contributed by atoms with Crippen molar-refractivity contribution in [2.24, 2.45) is 11.8 Å². The Morgan fingerprint density at radius 3 is 1.72 bits per heavy atom. The number of esters is 2. The predicted octanol–water partition coefficient (Wildman–Crippen LogP) is 6.15. The number of benzene rings is 1. The van der Waals surface area contributed by atoms with Crippen molar-refractivity contribution in [3.63, 3.8) is 0 Å². The van der Waals surface area contributed by atoms with Gasteiger partial charge in [0, 0.05) is 12.1 Å². The Labute approximate surface area is 320 Å². The van der Waals surface area contributed by atoms with Gasteiger partial charge in [0.1, 0.15) is 23.9 Å². The number of non-ortho nitro benzene ring substituents is 1. The average molecular weight is 765 g/mol. The zero-order valence-corrected chi connectivity index (χ0v) is 33.6. The van der Waals surface area contributed by atoms with Gasteiger partial charge in [0.25, 0.3) is 5.69 Å². The fraction of sp³-hybridized carbons (Fsp3) is 0.718. The monoisotopic (exact) mass is 764 g/mol. The third-order valence-corrected chi connectivity index (χ3v) is 8.59. The van der Waals surface area contributed by atoms with E-state index in [9.17, 15) is 34.1 Å². The molecule has 4 atom stereocenters. The average Bonchev–Trinajstić information content (AvgIpc) is 3.11. The third kappa shape index (κ3) is 18.8. The summed E-state index contributed by atoms with van der Waals surface area (Å²) in [6.07, 6.45) is 3.88. The van der Waals surface area contributed by atoms with E-state index in [4.69, 9.17) is 18.9 Å². The van der Waals surface area contributed by atoms with Crippen molar-refractivity contribution < 1.29 is 47.8 Å². The second kappa shape index (κ2) is 26.6. The van der Waals surface area contributed by atoms with Crippen LogP contribution in [0.25, 0.3) is 0 Å². The number of amides is 1. The van der Waals surface area contributed by atoms with Gasteiger partial charge in [0.15, 0.2) is 11.9 Å². The normalized spacial score (nSPS) is 13.5. The van der Waals surface area contributed by atoms with Crippen molar-refractivity contribution in [3.8, 4) is 5.75 Å². The Bertz CT molecular complexity index is 1300. The van der Waals surface area contributed by atoms with Gasteiger partial charge in [0.05, 0.1) is 18.1 Å². The van der Waals surface area contributed by atoms with Gasteiger partial charge in [-0.05, 0) is 102 Å². The minimum Gasteiger partial charge on any atom is -0.465 e. The smallest absolute Gasteiger partial charge is 0.465 e. The third-order valence-electron chi connectivity index (χ3n) is 8.59. The van der Waals surface area contributed by atoms with Crippen LogP contribution >= 0.6 is 0 Å². The standard InChI is InChI=1S/C39H64N4O11/c1-9-11-21-42(22-12-10-2)34(35(29(7)44)54-39(48)53-31-19-17-30(18-20-31)43(49)50)36(45)41-33(26-28(5)6)38(47)52-24-16-14-13-15-23-51-37(46)32(40-8)25-27(3)4/h17-20,27-28,32-35,40H,9-16,21-26H2,1-8H3,(H,41,45). The number of hydrogen-bond acceptors (Lipinski definition) is 13. The first kappa shape index (κ1) is 47.9. The molecule has 1 rings (SSSR count). The van der Waals surface area contributed by atoms with Crippen LogP contribution in [0.1, 0.15) is 113 Å². The fourth-order valence-electron chi connectivity index (χ4n) is 5.69. The minimum absolute atomic E-state index is 0.000122. The van der Waals surface area contributed by atoms with Crippen LogP contribution < -0.4 is 15.4 Å². The summed E-state index contributed by atoms with van der Waals surface area (Å²) < 4.78 is 21.7. The van der Waals surface area contributed by atoms with Crippen molar-refractivity contribution in [1.29, 1.82) is 0 Å². The van der Waals surface area contributed by atoms with E-state index in [1.165, 1.54) is 19.1 Å². The molecule has 0 bridgehead atoms. The van der Waals surface area contributed by atoms with Crippen LogP contribution in [0.15, 0.2) is 24.3 Å². The number of carbonyl (C=O) groups is 5. The first-order valence-corrected chi connectivity index (χ1v) is 19.3. The van der Waals surface area contributed by atoms with E-state index in [1.54, 1.807) is 11.9 Å². The highest BCUT2D eigenvalue weighted by atomic mass is 16.7. The Morgan fingerprint density at radius 2 is 1.28 bits per heavy atom. The summed E-state index contributed by atoms with van der Waals surface area (Å²) in [6, 6.07) is 2.10. The number of nitrogens with zero attached hydrogens (tertiary/aromatic N) is 2. The molecule has 2 N–H and O–H groups in total. The predicted molar refractivity (Wildman–Crippen MR) is 204 cm³/mol. The molecule has 0 saturated carbocycles. The zero-order valence-electron chi connectivity index (χ0n) is 33.6. The molecule has 0 radical (unpaired) electrons. The number of ketones is 1. The van der Waals surface area contributed by atoms with Crippen LogP contribution in [-0.2, 0) is 33.4 Å². The first-order chi connectivity index (χ1) is 25.6. The molecule has 4 unspecified atom stereocenters. The van der Waals surface area contributed by atoms with Crippen LogP contribution in [0, 0.1) is 22.0 Å². The summed E-state index contributed by atoms with van der Waals surface area (Å²) in [5, 5.41) is 16.8. The van der Waals surface area contributed by atoms with Gasteiger partial charge in [-0.2, -0.15) is 0 Å². The maximum Gasteiger partial charge on any atom is 0.514 e. The quantitative estimate of drug-likeness (QED) is 0.0247. The highest BCUT2D eigenvalue weighted by Gasteiger charge is 2.41. The maximum atomic E-state index is 14.2. The van der Waals surface area contributed by atoms with E-state index < -0.39 is 46.9 Å². The number of nitrogens with one attached hydrogen (secondary N) is 2. The SMILES string of the molecule is CCCCN(CCCC)C(C(=O)NC(CC(C)C)C(=O)OCCCCCCOC(=O)C(CC(C)C)NC)C(OC(=O)Oc1ccc([N+](=O)[O-])cc1)C(C)=O. The molecule has 15 nitrogen and oxygen atoms in total. The summed E-state index contributed by atoms with van der Waals surface area (Å²) >= 11 is 0. The lowest BCUT2D eigenvalue weighted by molar-refractivity contribution is -0.384. The number of Topliss-reactive ketones (excluding diaryl/α,β-unsaturated/α-hetero) is 1. The number of unbranched alkanes of at least 4 members (excludes halogenated alkanes) is 5. The number of carbonyl (C=O) groups excluding carboxylic acids is 5. The van der Waals surface area contributed by atoms with Crippen molar-refractivity contribution in [2.45, 2.75) is 137 Å². The lowest BCUT2D eigenvalue weighted by Crippen LogP contribution is -2.59. The van der Waals surface area contributed by atoms with E-state index in [0.29, 0.717) is 57.7 Å². The maximum absolute atomic E-state index is 14.2. The van der Waals surface area contributed by atoms with Crippen molar-refractivity contribution >= 4 is 35.5 Å². The summed E-state index contributed by atoms with van der Waals surface area (Å²) in [7, 11) is 1.74. The number of ether oxygens (including phenoxy) is 4. The molecule has 0 heterocycles. The summed E-state index contributed by atoms with van der Waals surface area (Å²) in [6.45, 7) is 14.4. The molecule has 0 aliphatic rings. The molecule has 0 aliphatic carbocycles. The van der Waals surface area contributed by atoms with Crippen LogP contribution in [0.4, 0.5) is 10.5 Å². The Kier molecular flexibility index (Phi) is 23.6. The lowest BCUT2D eigenvalue weighted by atomic mass is 10.00. The Balaban J connectivity index is 3.02. The molecule has 0 spiro atoms. The van der Waals surface area contributed by atoms with Crippen LogP contribution in [-0.4, -0.2) is 97.2 Å². The molecule has 1 aromatic rings. The van der Waals surface area contributed by atoms with Crippen molar-refractivity contribution in [3.05, 3.63) is 34.4 Å². The zero-order chi connectivity index (χ0) is 40.6. The fourth-order valence-corrected chi connectivity index (χ4v) is 5.69. The van der Waals surface area contributed by atoms with Gasteiger partial charge in [-0.1, -0.05) is 54.4 Å². The van der Waals surface area contributed by atoms with Crippen LogP contribution in [0.2, 0.25) is 0 Å². The number of likely N-dealkylation sites (N-methyl/N-ethyl adjacent to an activating group) is 1. The van der Waals surface area contributed by atoms with E-state index in [2.05, 4.69) is 10.6 Å². The molecule has 54 heavy (non-hydrogen) atoms. The van der Waals surface area contributed by atoms with Gasteiger partial charge in [-0.3, -0.25) is 29.4 Å². The minimum atomic E-state index is -1.58. The second-order valence-electron chi connectivity index (χ2n) is 14.4. The van der Waals surface area contributed by atoms with Crippen molar-refractivity contribution in [2.75, 3.05) is 33.4 Å². The summed E-state index contributed by atoms with van der Waals surface area (Å²) in [5.41, 5.74) is -0.207. The largest absolute Gasteiger partial charge is 0.514 e. The van der Waals surface area contributed by atoms with Crippen LogP contribution in [0.5, 0.6) is 5.75 Å². The Morgan fingerprint density at radius 1 is 0.778 bits per heavy atom.